The SMILES string of the molecule is Cc1noc(NC(=O)n2ccnc2)n1. The Morgan fingerprint density at radius 2 is 2.50 bits per heavy atom. The maximum atomic E-state index is 11.4. The topological polar surface area (TPSA) is 85.8 Å². The zero-order valence-corrected chi connectivity index (χ0v) is 7.34. The lowest BCUT2D eigenvalue weighted by Crippen LogP contribution is -2.17. The smallest absolute Gasteiger partial charge is 0.315 e. The molecule has 1 N–H and O–H groups in total. The first-order valence-corrected chi connectivity index (χ1v) is 3.85. The van der Waals surface area contributed by atoms with Gasteiger partial charge in [0, 0.05) is 12.4 Å². The molecule has 0 unspecified atom stereocenters. The molecular formula is C7H7N5O2. The summed E-state index contributed by atoms with van der Waals surface area (Å²) in [5, 5.41) is 5.93. The fourth-order valence-corrected chi connectivity index (χ4v) is 0.883. The van der Waals surface area contributed by atoms with Crippen molar-refractivity contribution in [2.75, 3.05) is 5.32 Å². The van der Waals surface area contributed by atoms with Gasteiger partial charge in [0.1, 0.15) is 6.33 Å². The average Bonchev–Trinajstić information content (AvgIpc) is 2.75. The molecular weight excluding hydrogens is 186 g/mol. The van der Waals surface area contributed by atoms with Gasteiger partial charge in [0.2, 0.25) is 0 Å². The van der Waals surface area contributed by atoms with Crippen LogP contribution in [0.1, 0.15) is 5.82 Å². The van der Waals surface area contributed by atoms with E-state index >= 15 is 0 Å². The van der Waals surface area contributed by atoms with Gasteiger partial charge in [-0.05, 0) is 6.92 Å². The van der Waals surface area contributed by atoms with Gasteiger partial charge in [-0.15, -0.1) is 0 Å². The van der Waals surface area contributed by atoms with Crippen LogP contribution < -0.4 is 5.32 Å². The summed E-state index contributed by atoms with van der Waals surface area (Å²) in [6.07, 6.45) is 4.38. The van der Waals surface area contributed by atoms with Crippen LogP contribution in [-0.4, -0.2) is 25.7 Å². The number of aryl methyl sites for hydroxylation is 1. The van der Waals surface area contributed by atoms with E-state index in [0.29, 0.717) is 5.82 Å². The Labute approximate surface area is 78.8 Å². The van der Waals surface area contributed by atoms with Crippen LogP contribution in [0.2, 0.25) is 0 Å². The van der Waals surface area contributed by atoms with Gasteiger partial charge in [-0.1, -0.05) is 5.16 Å². The molecule has 7 heteroatoms. The van der Waals surface area contributed by atoms with Crippen molar-refractivity contribution in [3.63, 3.8) is 0 Å². The molecule has 0 aliphatic heterocycles. The number of hydrogen-bond donors (Lipinski definition) is 1. The molecule has 0 radical (unpaired) electrons. The molecule has 0 saturated heterocycles. The molecule has 0 aliphatic rings. The number of rotatable bonds is 1. The minimum atomic E-state index is -0.397. The van der Waals surface area contributed by atoms with Crippen molar-refractivity contribution in [2.45, 2.75) is 6.92 Å². The number of hydrogen-bond acceptors (Lipinski definition) is 5. The molecule has 14 heavy (non-hydrogen) atoms. The standard InChI is InChI=1S/C7H7N5O2/c1-5-9-6(14-11-5)10-7(13)12-3-2-8-4-12/h2-4H,1H3,(H,9,10,11,13). The molecule has 0 spiro atoms. The van der Waals surface area contributed by atoms with E-state index in [4.69, 9.17) is 4.52 Å². The van der Waals surface area contributed by atoms with Crippen LogP contribution in [0.3, 0.4) is 0 Å². The van der Waals surface area contributed by atoms with Crippen molar-refractivity contribution in [1.82, 2.24) is 19.7 Å². The molecule has 0 bridgehead atoms. The van der Waals surface area contributed by atoms with Crippen LogP contribution in [0.4, 0.5) is 10.8 Å². The van der Waals surface area contributed by atoms with E-state index in [1.807, 2.05) is 0 Å². The van der Waals surface area contributed by atoms with Gasteiger partial charge < -0.3 is 4.52 Å². The van der Waals surface area contributed by atoms with E-state index in [9.17, 15) is 4.79 Å². The molecule has 0 atom stereocenters. The summed E-state index contributed by atoms with van der Waals surface area (Å²) in [7, 11) is 0. The Kier molecular flexibility index (Phi) is 1.98. The third-order valence-electron chi connectivity index (χ3n) is 1.48. The summed E-state index contributed by atoms with van der Waals surface area (Å²) in [6.45, 7) is 1.66. The Morgan fingerprint density at radius 3 is 3.07 bits per heavy atom. The van der Waals surface area contributed by atoms with Crippen molar-refractivity contribution < 1.29 is 9.32 Å². The third kappa shape index (κ3) is 1.60. The van der Waals surface area contributed by atoms with Gasteiger partial charge in [0.15, 0.2) is 5.82 Å². The van der Waals surface area contributed by atoms with E-state index in [2.05, 4.69) is 20.4 Å². The lowest BCUT2D eigenvalue weighted by molar-refractivity contribution is 0.252. The highest BCUT2D eigenvalue weighted by molar-refractivity contribution is 5.88. The van der Waals surface area contributed by atoms with Crippen molar-refractivity contribution in [1.29, 1.82) is 0 Å². The molecule has 0 saturated carbocycles. The number of nitrogens with zero attached hydrogens (tertiary/aromatic N) is 4. The Balaban J connectivity index is 2.09. The summed E-state index contributed by atoms with van der Waals surface area (Å²) in [4.78, 5) is 18.9. The van der Waals surface area contributed by atoms with Gasteiger partial charge in [0.05, 0.1) is 0 Å². The number of anilines is 1. The number of carbonyl (C=O) groups excluding carboxylic acids is 1. The second-order valence-corrected chi connectivity index (χ2v) is 2.55. The molecule has 2 aromatic rings. The molecule has 2 rings (SSSR count). The van der Waals surface area contributed by atoms with E-state index < -0.39 is 6.03 Å². The predicted octanol–water partition coefficient (Wildman–Crippen LogP) is 0.655. The van der Waals surface area contributed by atoms with Crippen LogP contribution in [0.15, 0.2) is 23.2 Å². The number of nitrogens with one attached hydrogen (secondary N) is 1. The largest absolute Gasteiger partial charge is 0.334 e. The highest BCUT2D eigenvalue weighted by atomic mass is 16.5. The number of aromatic nitrogens is 4. The fourth-order valence-electron chi connectivity index (χ4n) is 0.883. The van der Waals surface area contributed by atoms with E-state index in [0.717, 1.165) is 0 Å². The van der Waals surface area contributed by atoms with E-state index in [1.54, 1.807) is 6.92 Å². The summed E-state index contributed by atoms with van der Waals surface area (Å²) in [6, 6.07) is -0.327. The molecule has 1 amide bonds. The van der Waals surface area contributed by atoms with Crippen LogP contribution >= 0.6 is 0 Å². The van der Waals surface area contributed by atoms with Gasteiger partial charge >= 0.3 is 12.0 Å². The second-order valence-electron chi connectivity index (χ2n) is 2.55. The van der Waals surface area contributed by atoms with E-state index in [-0.39, 0.29) is 6.01 Å². The summed E-state index contributed by atoms with van der Waals surface area (Å²) >= 11 is 0. The van der Waals surface area contributed by atoms with Crippen molar-refractivity contribution in [3.8, 4) is 0 Å². The average molecular weight is 193 g/mol. The van der Waals surface area contributed by atoms with Gasteiger partial charge in [-0.25, -0.2) is 9.78 Å². The molecule has 2 aromatic heterocycles. The minimum absolute atomic E-state index is 0.0706. The van der Waals surface area contributed by atoms with Crippen LogP contribution in [0.25, 0.3) is 0 Å². The molecule has 0 aliphatic carbocycles. The quantitative estimate of drug-likeness (QED) is 0.718. The Hall–Kier alpha value is -2.18. The molecule has 7 nitrogen and oxygen atoms in total. The summed E-state index contributed by atoms with van der Waals surface area (Å²) in [5.74, 6) is 0.464. The number of imidazole rings is 1. The lowest BCUT2D eigenvalue weighted by Gasteiger charge is -1.98. The molecule has 72 valence electrons. The first-order valence-electron chi connectivity index (χ1n) is 3.85. The van der Waals surface area contributed by atoms with Gasteiger partial charge in [-0.2, -0.15) is 4.98 Å². The van der Waals surface area contributed by atoms with Crippen molar-refractivity contribution in [3.05, 3.63) is 24.5 Å². The highest BCUT2D eigenvalue weighted by Gasteiger charge is 2.08. The number of amides is 1. The van der Waals surface area contributed by atoms with Crippen molar-refractivity contribution in [2.24, 2.45) is 0 Å². The summed E-state index contributed by atoms with van der Waals surface area (Å²) in [5.41, 5.74) is 0. The first-order chi connectivity index (χ1) is 6.75. The van der Waals surface area contributed by atoms with Crippen LogP contribution in [0, 0.1) is 6.92 Å². The molecule has 0 fully saturated rings. The molecule has 0 aromatic carbocycles. The number of carbonyl (C=O) groups is 1. The molecule has 2 heterocycles. The predicted molar refractivity (Wildman–Crippen MR) is 45.7 cm³/mol. The Morgan fingerprint density at radius 1 is 1.64 bits per heavy atom. The monoisotopic (exact) mass is 193 g/mol. The van der Waals surface area contributed by atoms with Gasteiger partial charge in [-0.3, -0.25) is 9.88 Å². The normalized spacial score (nSPS) is 10.1. The third-order valence-corrected chi connectivity index (χ3v) is 1.48. The van der Waals surface area contributed by atoms with Crippen molar-refractivity contribution >= 4 is 12.0 Å². The maximum Gasteiger partial charge on any atom is 0.334 e. The zero-order valence-electron chi connectivity index (χ0n) is 7.34. The Bertz CT molecular complexity index is 433. The second kappa shape index (κ2) is 3.29. The van der Waals surface area contributed by atoms with Crippen LogP contribution in [-0.2, 0) is 0 Å². The lowest BCUT2D eigenvalue weighted by atomic mass is 10.7. The highest BCUT2D eigenvalue weighted by Crippen LogP contribution is 2.02. The van der Waals surface area contributed by atoms with Gasteiger partial charge in [0.25, 0.3) is 0 Å². The summed E-state index contributed by atoms with van der Waals surface area (Å²) < 4.78 is 5.97. The van der Waals surface area contributed by atoms with Crippen LogP contribution in [0.5, 0.6) is 0 Å². The zero-order chi connectivity index (χ0) is 9.97. The minimum Gasteiger partial charge on any atom is -0.315 e. The maximum absolute atomic E-state index is 11.4. The fraction of sp³-hybridized carbons (Fsp3) is 0.143. The first kappa shape index (κ1) is 8.42. The van der Waals surface area contributed by atoms with E-state index in [1.165, 1.54) is 23.3 Å².